The lowest BCUT2D eigenvalue weighted by molar-refractivity contribution is 0.695. The van der Waals surface area contributed by atoms with Gasteiger partial charge >= 0.3 is 0 Å². The number of hydrogen-bond acceptors (Lipinski definition) is 3. The van der Waals surface area contributed by atoms with E-state index < -0.39 is 0 Å². The van der Waals surface area contributed by atoms with Crippen molar-refractivity contribution in [3.8, 4) is 0 Å². The average Bonchev–Trinajstić information content (AvgIpc) is 2.78. The van der Waals surface area contributed by atoms with Gasteiger partial charge in [0, 0.05) is 5.92 Å². The number of nitrogens with zero attached hydrogens (tertiary/aromatic N) is 3. The molecule has 1 N–H and O–H groups in total. The van der Waals surface area contributed by atoms with Crippen LogP contribution >= 0.6 is 12.2 Å². The van der Waals surface area contributed by atoms with Crippen LogP contribution in [0.5, 0.6) is 0 Å². The predicted octanol–water partition coefficient (Wildman–Crippen LogP) is 3.51. The van der Waals surface area contributed by atoms with Gasteiger partial charge in [-0.3, -0.25) is 5.10 Å². The molecule has 1 heterocycles. The van der Waals surface area contributed by atoms with Crippen LogP contribution in [0, 0.1) is 4.77 Å². The fourth-order valence-electron chi connectivity index (χ4n) is 1.75. The van der Waals surface area contributed by atoms with Crippen LogP contribution < -0.4 is 0 Å². The molecule has 0 spiro atoms. The molecule has 19 heavy (non-hydrogen) atoms. The third-order valence-corrected chi connectivity index (χ3v) is 3.17. The lowest BCUT2D eigenvalue weighted by atomic mass is 10.1. The molecule has 0 bridgehead atoms. The van der Waals surface area contributed by atoms with Gasteiger partial charge in [-0.25, -0.2) is 0 Å². The summed E-state index contributed by atoms with van der Waals surface area (Å²) in [5, 5.41) is 11.4. The van der Waals surface area contributed by atoms with Gasteiger partial charge in [-0.1, -0.05) is 45.0 Å². The molecule has 1 aromatic heterocycles. The summed E-state index contributed by atoms with van der Waals surface area (Å²) in [6.07, 6.45) is 2.85. The van der Waals surface area contributed by atoms with E-state index in [0.717, 1.165) is 17.8 Å². The fraction of sp³-hybridized carbons (Fsp3) is 0.357. The number of hydrogen-bond donors (Lipinski definition) is 1. The summed E-state index contributed by atoms with van der Waals surface area (Å²) in [6, 6.07) is 8.33. The summed E-state index contributed by atoms with van der Waals surface area (Å²) in [5.41, 5.74) is 2.37. The number of H-pyrrole nitrogens is 1. The number of aryl methyl sites for hydroxylation is 1. The first-order valence-corrected chi connectivity index (χ1v) is 6.83. The quantitative estimate of drug-likeness (QED) is 0.685. The standard InChI is InChI=1S/C14H18N4S/c1-4-11-5-7-12(8-6-11)9-15-18-13(10(2)3)16-17-14(18)19/h5-10H,4H2,1-3H3,(H,17,19)/b15-9-. The molecular weight excluding hydrogens is 256 g/mol. The zero-order chi connectivity index (χ0) is 13.8. The van der Waals surface area contributed by atoms with Crippen molar-refractivity contribution in [3.05, 3.63) is 46.0 Å². The molecule has 0 unspecified atom stereocenters. The zero-order valence-electron chi connectivity index (χ0n) is 11.4. The van der Waals surface area contributed by atoms with Crippen LogP contribution in [0.25, 0.3) is 0 Å². The molecule has 0 fully saturated rings. The van der Waals surface area contributed by atoms with Crippen molar-refractivity contribution in [2.24, 2.45) is 5.10 Å². The minimum Gasteiger partial charge on any atom is -0.250 e. The zero-order valence-corrected chi connectivity index (χ0v) is 12.2. The SMILES string of the molecule is CCc1ccc(/C=N\n2c(C(C)C)n[nH]c2=S)cc1. The first-order chi connectivity index (χ1) is 9.11. The van der Waals surface area contributed by atoms with Gasteiger partial charge in [0.1, 0.15) is 0 Å². The molecule has 1 aromatic carbocycles. The van der Waals surface area contributed by atoms with Gasteiger partial charge in [0.25, 0.3) is 0 Å². The maximum atomic E-state index is 5.18. The number of nitrogens with one attached hydrogen (secondary N) is 1. The van der Waals surface area contributed by atoms with Crippen molar-refractivity contribution in [2.45, 2.75) is 33.1 Å². The van der Waals surface area contributed by atoms with E-state index in [2.05, 4.69) is 60.3 Å². The molecule has 5 heteroatoms. The minimum atomic E-state index is 0.271. The summed E-state index contributed by atoms with van der Waals surface area (Å²) in [6.45, 7) is 6.27. The summed E-state index contributed by atoms with van der Waals surface area (Å²) < 4.78 is 2.19. The lowest BCUT2D eigenvalue weighted by Crippen LogP contribution is -2.00. The van der Waals surface area contributed by atoms with Crippen molar-refractivity contribution < 1.29 is 0 Å². The smallest absolute Gasteiger partial charge is 0.216 e. The summed E-state index contributed by atoms with van der Waals surface area (Å²) in [5.74, 6) is 1.11. The maximum absolute atomic E-state index is 5.18. The van der Waals surface area contributed by atoms with Crippen LogP contribution in [-0.2, 0) is 6.42 Å². The van der Waals surface area contributed by atoms with Gasteiger partial charge < -0.3 is 0 Å². The highest BCUT2D eigenvalue weighted by atomic mass is 32.1. The Hall–Kier alpha value is -1.75. The van der Waals surface area contributed by atoms with E-state index in [-0.39, 0.29) is 5.92 Å². The molecule has 2 aromatic rings. The van der Waals surface area contributed by atoms with Gasteiger partial charge in [0.2, 0.25) is 4.77 Å². The van der Waals surface area contributed by atoms with Gasteiger partial charge in [0.05, 0.1) is 6.21 Å². The number of rotatable bonds is 4. The topological polar surface area (TPSA) is 46.0 Å². The van der Waals surface area contributed by atoms with Gasteiger partial charge in [0.15, 0.2) is 5.82 Å². The van der Waals surface area contributed by atoms with E-state index in [1.807, 2.05) is 0 Å². The van der Waals surface area contributed by atoms with Gasteiger partial charge in [-0.05, 0) is 29.8 Å². The van der Waals surface area contributed by atoms with Gasteiger partial charge in [-0.2, -0.15) is 14.9 Å². The Morgan fingerprint density at radius 1 is 1.37 bits per heavy atom. The van der Waals surface area contributed by atoms with Crippen LogP contribution in [0.2, 0.25) is 0 Å². The molecule has 0 amide bonds. The molecule has 4 nitrogen and oxygen atoms in total. The number of aromatic amines is 1. The first kappa shape index (κ1) is 13.7. The first-order valence-electron chi connectivity index (χ1n) is 6.42. The maximum Gasteiger partial charge on any atom is 0.216 e. The molecule has 0 aliphatic carbocycles. The van der Waals surface area contributed by atoms with Crippen LogP contribution in [0.1, 0.15) is 43.6 Å². The highest BCUT2D eigenvalue weighted by molar-refractivity contribution is 7.71. The second-order valence-corrected chi connectivity index (χ2v) is 5.08. The monoisotopic (exact) mass is 274 g/mol. The lowest BCUT2D eigenvalue weighted by Gasteiger charge is -2.03. The minimum absolute atomic E-state index is 0.271. The van der Waals surface area contributed by atoms with Crippen molar-refractivity contribution >= 4 is 18.4 Å². The Morgan fingerprint density at radius 2 is 2.05 bits per heavy atom. The number of benzene rings is 1. The van der Waals surface area contributed by atoms with E-state index in [0.29, 0.717) is 4.77 Å². The third-order valence-electron chi connectivity index (χ3n) is 2.90. The van der Waals surface area contributed by atoms with Crippen molar-refractivity contribution in [3.63, 3.8) is 0 Å². The second-order valence-electron chi connectivity index (χ2n) is 4.69. The average molecular weight is 274 g/mol. The van der Waals surface area contributed by atoms with Crippen LogP contribution in [-0.4, -0.2) is 21.1 Å². The van der Waals surface area contributed by atoms with Crippen molar-refractivity contribution in [1.29, 1.82) is 0 Å². The Morgan fingerprint density at radius 3 is 2.63 bits per heavy atom. The second kappa shape index (κ2) is 5.93. The number of aromatic nitrogens is 3. The summed E-state index contributed by atoms with van der Waals surface area (Å²) in [4.78, 5) is 0. The molecule has 0 radical (unpaired) electrons. The molecule has 0 atom stereocenters. The fourth-order valence-corrected chi connectivity index (χ4v) is 1.94. The molecule has 100 valence electrons. The summed E-state index contributed by atoms with van der Waals surface area (Å²) >= 11 is 5.18. The van der Waals surface area contributed by atoms with E-state index in [4.69, 9.17) is 12.2 Å². The van der Waals surface area contributed by atoms with E-state index in [1.54, 1.807) is 10.9 Å². The Labute approximate surface area is 118 Å². The Bertz CT molecular complexity index is 620. The van der Waals surface area contributed by atoms with Crippen molar-refractivity contribution in [2.75, 3.05) is 0 Å². The molecule has 2 rings (SSSR count). The van der Waals surface area contributed by atoms with Crippen LogP contribution in [0.3, 0.4) is 0 Å². The third kappa shape index (κ3) is 3.17. The van der Waals surface area contributed by atoms with E-state index in [9.17, 15) is 0 Å². The van der Waals surface area contributed by atoms with E-state index >= 15 is 0 Å². The highest BCUT2D eigenvalue weighted by Crippen LogP contribution is 2.11. The van der Waals surface area contributed by atoms with Gasteiger partial charge in [-0.15, -0.1) is 0 Å². The molecule has 0 aliphatic heterocycles. The molecular formula is C14H18N4S. The largest absolute Gasteiger partial charge is 0.250 e. The van der Waals surface area contributed by atoms with Crippen LogP contribution in [0.4, 0.5) is 0 Å². The Balaban J connectivity index is 2.27. The summed E-state index contributed by atoms with van der Waals surface area (Å²) in [7, 11) is 0. The predicted molar refractivity (Wildman–Crippen MR) is 80.3 cm³/mol. The Kier molecular flexibility index (Phi) is 4.27. The van der Waals surface area contributed by atoms with E-state index in [1.165, 1.54) is 5.56 Å². The normalized spacial score (nSPS) is 11.6. The van der Waals surface area contributed by atoms with Crippen molar-refractivity contribution in [1.82, 2.24) is 14.9 Å². The molecule has 0 saturated heterocycles. The molecule has 0 aliphatic rings. The molecule has 0 saturated carbocycles. The van der Waals surface area contributed by atoms with Crippen LogP contribution in [0.15, 0.2) is 29.4 Å². The highest BCUT2D eigenvalue weighted by Gasteiger charge is 2.08.